The third-order valence-corrected chi connectivity index (χ3v) is 2.96. The largest absolute Gasteiger partial charge is 0.356 e. The van der Waals surface area contributed by atoms with Crippen LogP contribution in [-0.4, -0.2) is 23.1 Å². The molecule has 0 bridgehead atoms. The van der Waals surface area contributed by atoms with Crippen molar-refractivity contribution in [2.75, 3.05) is 23.4 Å². The average molecular weight is 235 g/mol. The molecule has 1 saturated heterocycles. The molecule has 1 aromatic heterocycles. The van der Waals surface area contributed by atoms with Gasteiger partial charge in [0.15, 0.2) is 0 Å². The lowest BCUT2D eigenvalue weighted by atomic mass is 9.96. The molecule has 0 atom stereocenters. The minimum absolute atomic E-state index is 0.0681. The summed E-state index contributed by atoms with van der Waals surface area (Å²) in [6.07, 6.45) is 2.47. The van der Waals surface area contributed by atoms with Crippen LogP contribution in [-0.2, 0) is 5.41 Å². The van der Waals surface area contributed by atoms with E-state index in [-0.39, 0.29) is 5.41 Å². The number of anilines is 2. The number of hydrogen-bond acceptors (Lipinski definition) is 5. The van der Waals surface area contributed by atoms with Gasteiger partial charge >= 0.3 is 0 Å². The standard InChI is InChI=1S/C12H21N5/c1-12(2,3)11-14-9(16-13)8-10(15-11)17-6-4-5-7-17/h8H,4-7,13H2,1-3H3,(H,14,15,16). The smallest absolute Gasteiger partial charge is 0.145 e. The van der Waals surface area contributed by atoms with Gasteiger partial charge in [0.25, 0.3) is 0 Å². The molecule has 1 aliphatic heterocycles. The summed E-state index contributed by atoms with van der Waals surface area (Å²) in [5, 5.41) is 0. The molecule has 0 aliphatic carbocycles. The second-order valence-corrected chi connectivity index (χ2v) is 5.52. The topological polar surface area (TPSA) is 67.1 Å². The first kappa shape index (κ1) is 12.1. The van der Waals surface area contributed by atoms with Crippen molar-refractivity contribution in [2.24, 2.45) is 5.84 Å². The normalized spacial score (nSPS) is 16.4. The quantitative estimate of drug-likeness (QED) is 0.603. The highest BCUT2D eigenvalue weighted by Crippen LogP contribution is 2.25. The van der Waals surface area contributed by atoms with Crippen LogP contribution < -0.4 is 16.2 Å². The van der Waals surface area contributed by atoms with Crippen LogP contribution in [0.15, 0.2) is 6.07 Å². The number of hydrazine groups is 1. The molecule has 0 unspecified atom stereocenters. The van der Waals surface area contributed by atoms with Gasteiger partial charge in [0.1, 0.15) is 17.5 Å². The molecule has 17 heavy (non-hydrogen) atoms. The van der Waals surface area contributed by atoms with Crippen LogP contribution in [0, 0.1) is 0 Å². The highest BCUT2D eigenvalue weighted by molar-refractivity contribution is 5.49. The third kappa shape index (κ3) is 2.66. The molecule has 5 nitrogen and oxygen atoms in total. The molecule has 0 spiro atoms. The summed E-state index contributed by atoms with van der Waals surface area (Å²) in [4.78, 5) is 11.4. The maximum absolute atomic E-state index is 5.47. The highest BCUT2D eigenvalue weighted by atomic mass is 15.3. The van der Waals surface area contributed by atoms with Crippen molar-refractivity contribution < 1.29 is 0 Å². The number of nitrogens with two attached hydrogens (primary N) is 1. The van der Waals surface area contributed by atoms with Crippen molar-refractivity contribution >= 4 is 11.6 Å². The van der Waals surface area contributed by atoms with Crippen LogP contribution in [0.25, 0.3) is 0 Å². The lowest BCUT2D eigenvalue weighted by molar-refractivity contribution is 0.545. The Labute approximate surface area is 102 Å². The van der Waals surface area contributed by atoms with Crippen LogP contribution in [0.4, 0.5) is 11.6 Å². The fourth-order valence-electron chi connectivity index (χ4n) is 1.95. The third-order valence-electron chi connectivity index (χ3n) is 2.96. The monoisotopic (exact) mass is 235 g/mol. The van der Waals surface area contributed by atoms with E-state index in [4.69, 9.17) is 5.84 Å². The second-order valence-electron chi connectivity index (χ2n) is 5.52. The van der Waals surface area contributed by atoms with E-state index in [2.05, 4.69) is 41.1 Å². The molecule has 0 amide bonds. The van der Waals surface area contributed by atoms with Crippen LogP contribution in [0.1, 0.15) is 39.4 Å². The molecule has 2 rings (SSSR count). The fraction of sp³-hybridized carbons (Fsp3) is 0.667. The molecule has 2 heterocycles. The fourth-order valence-corrected chi connectivity index (χ4v) is 1.95. The summed E-state index contributed by atoms with van der Waals surface area (Å²) in [5.41, 5.74) is 2.56. The van der Waals surface area contributed by atoms with Crippen molar-refractivity contribution in [2.45, 2.75) is 39.0 Å². The summed E-state index contributed by atoms with van der Waals surface area (Å²) >= 11 is 0. The van der Waals surface area contributed by atoms with E-state index in [1.54, 1.807) is 0 Å². The molecule has 3 N–H and O–H groups in total. The maximum atomic E-state index is 5.47. The molecule has 1 fully saturated rings. The predicted molar refractivity (Wildman–Crippen MR) is 70.0 cm³/mol. The van der Waals surface area contributed by atoms with Gasteiger partial charge in [-0.05, 0) is 12.8 Å². The molecular formula is C12H21N5. The van der Waals surface area contributed by atoms with Crippen LogP contribution in [0.2, 0.25) is 0 Å². The van der Waals surface area contributed by atoms with E-state index < -0.39 is 0 Å². The number of nitrogen functional groups attached to an aromatic ring is 1. The summed E-state index contributed by atoms with van der Waals surface area (Å²) in [6, 6.07) is 1.92. The van der Waals surface area contributed by atoms with Gasteiger partial charge in [-0.25, -0.2) is 15.8 Å². The lowest BCUT2D eigenvalue weighted by Gasteiger charge is -2.22. The molecule has 0 radical (unpaired) electrons. The first-order chi connectivity index (χ1) is 8.00. The first-order valence-electron chi connectivity index (χ1n) is 6.12. The number of aromatic nitrogens is 2. The Bertz CT molecular complexity index is 390. The minimum Gasteiger partial charge on any atom is -0.356 e. The molecule has 94 valence electrons. The first-order valence-corrected chi connectivity index (χ1v) is 6.12. The number of nitrogens with one attached hydrogen (secondary N) is 1. The number of rotatable bonds is 2. The summed E-state index contributed by atoms with van der Waals surface area (Å²) in [6.45, 7) is 8.47. The SMILES string of the molecule is CC(C)(C)c1nc(NN)cc(N2CCCC2)n1. The molecule has 1 aromatic rings. The number of nitrogens with zero attached hydrogens (tertiary/aromatic N) is 3. The Kier molecular flexibility index (Phi) is 3.19. The molecule has 0 saturated carbocycles. The molecule has 5 heteroatoms. The van der Waals surface area contributed by atoms with Gasteiger partial charge in [-0.1, -0.05) is 20.8 Å². The Balaban J connectivity index is 2.38. The van der Waals surface area contributed by atoms with E-state index in [1.165, 1.54) is 12.8 Å². The lowest BCUT2D eigenvalue weighted by Crippen LogP contribution is -2.24. The van der Waals surface area contributed by atoms with Crippen molar-refractivity contribution in [1.82, 2.24) is 9.97 Å². The van der Waals surface area contributed by atoms with Crippen LogP contribution >= 0.6 is 0 Å². The minimum atomic E-state index is -0.0681. The van der Waals surface area contributed by atoms with Crippen LogP contribution in [0.3, 0.4) is 0 Å². The molecular weight excluding hydrogens is 214 g/mol. The predicted octanol–water partition coefficient (Wildman–Crippen LogP) is 1.66. The highest BCUT2D eigenvalue weighted by Gasteiger charge is 2.21. The Morgan fingerprint density at radius 1 is 1.24 bits per heavy atom. The van der Waals surface area contributed by atoms with E-state index in [9.17, 15) is 0 Å². The van der Waals surface area contributed by atoms with Gasteiger partial charge in [-0.3, -0.25) is 0 Å². The molecule has 0 aromatic carbocycles. The zero-order valence-electron chi connectivity index (χ0n) is 10.8. The average Bonchev–Trinajstić information content (AvgIpc) is 2.80. The second kappa shape index (κ2) is 4.49. The van der Waals surface area contributed by atoms with Gasteiger partial charge < -0.3 is 10.3 Å². The van der Waals surface area contributed by atoms with Gasteiger partial charge in [0.2, 0.25) is 0 Å². The summed E-state index contributed by atoms with van der Waals surface area (Å²) < 4.78 is 0. The summed E-state index contributed by atoms with van der Waals surface area (Å²) in [5.74, 6) is 7.97. The van der Waals surface area contributed by atoms with Crippen molar-refractivity contribution in [3.63, 3.8) is 0 Å². The van der Waals surface area contributed by atoms with E-state index in [0.29, 0.717) is 5.82 Å². The zero-order valence-corrected chi connectivity index (χ0v) is 10.8. The summed E-state index contributed by atoms with van der Waals surface area (Å²) in [7, 11) is 0. The van der Waals surface area contributed by atoms with Gasteiger partial charge in [0, 0.05) is 24.6 Å². The Morgan fingerprint density at radius 3 is 2.41 bits per heavy atom. The van der Waals surface area contributed by atoms with Crippen LogP contribution in [0.5, 0.6) is 0 Å². The van der Waals surface area contributed by atoms with Gasteiger partial charge in [-0.15, -0.1) is 0 Å². The van der Waals surface area contributed by atoms with Gasteiger partial charge in [0.05, 0.1) is 0 Å². The Hall–Kier alpha value is -1.36. The zero-order chi connectivity index (χ0) is 12.5. The number of hydrogen-bond donors (Lipinski definition) is 2. The molecule has 1 aliphatic rings. The van der Waals surface area contributed by atoms with Crippen molar-refractivity contribution in [3.05, 3.63) is 11.9 Å². The van der Waals surface area contributed by atoms with E-state index in [1.807, 2.05) is 6.07 Å². The van der Waals surface area contributed by atoms with Gasteiger partial charge in [-0.2, -0.15) is 0 Å². The van der Waals surface area contributed by atoms with E-state index >= 15 is 0 Å². The van der Waals surface area contributed by atoms with Crippen molar-refractivity contribution in [1.29, 1.82) is 0 Å². The maximum Gasteiger partial charge on any atom is 0.145 e. The Morgan fingerprint density at radius 2 is 1.88 bits per heavy atom. The van der Waals surface area contributed by atoms with E-state index in [0.717, 1.165) is 24.7 Å². The van der Waals surface area contributed by atoms with Crippen molar-refractivity contribution in [3.8, 4) is 0 Å².